The highest BCUT2D eigenvalue weighted by atomic mass is 35.5. The molecular weight excluding hydrogens is 447 g/mol. The number of amides is 2. The van der Waals surface area contributed by atoms with Gasteiger partial charge in [0.2, 0.25) is 5.60 Å². The molecule has 1 saturated heterocycles. The molecule has 4 rings (SSSR count). The number of hydrogen-bond donors (Lipinski definition) is 3. The van der Waals surface area contributed by atoms with Crippen LogP contribution in [-0.2, 0) is 22.1 Å². The number of carbonyl (C=O) groups is 2. The van der Waals surface area contributed by atoms with Gasteiger partial charge in [0.05, 0.1) is 5.69 Å². The molecule has 6 nitrogen and oxygen atoms in total. The van der Waals surface area contributed by atoms with Crippen molar-refractivity contribution in [3.63, 3.8) is 0 Å². The minimum absolute atomic E-state index is 0.0568. The van der Waals surface area contributed by atoms with Crippen LogP contribution >= 0.6 is 11.6 Å². The molecule has 1 fully saturated rings. The largest absolute Gasteiger partial charge is 0.372 e. The van der Waals surface area contributed by atoms with E-state index in [1.807, 2.05) is 0 Å². The molecule has 0 aliphatic carbocycles. The van der Waals surface area contributed by atoms with Gasteiger partial charge in [0.15, 0.2) is 0 Å². The summed E-state index contributed by atoms with van der Waals surface area (Å²) >= 11 is 5.79. The van der Waals surface area contributed by atoms with E-state index in [1.54, 1.807) is 12.1 Å². The van der Waals surface area contributed by atoms with Gasteiger partial charge in [0, 0.05) is 48.0 Å². The van der Waals surface area contributed by atoms with Crippen molar-refractivity contribution in [2.45, 2.75) is 31.4 Å². The van der Waals surface area contributed by atoms with Gasteiger partial charge < -0.3 is 20.3 Å². The Hall–Kier alpha value is -3.04. The van der Waals surface area contributed by atoms with Gasteiger partial charge in [0.1, 0.15) is 5.82 Å². The number of alkyl halides is 2. The SMILES string of the molecule is CC(F)(F)c1cc2cc(N3CCC(O)(C(=O)NCc4cc(F)cc(Cl)c4)C3=O)ccc2[nH]1. The molecule has 1 unspecified atom stereocenters. The molecule has 1 aliphatic heterocycles. The third kappa shape index (κ3) is 4.05. The molecule has 168 valence electrons. The Kier molecular flexibility index (Phi) is 5.42. The van der Waals surface area contributed by atoms with Crippen LogP contribution in [0.25, 0.3) is 10.9 Å². The molecule has 1 atom stereocenters. The Morgan fingerprint density at radius 1 is 1.28 bits per heavy atom. The van der Waals surface area contributed by atoms with Crippen molar-refractivity contribution < 1.29 is 27.9 Å². The van der Waals surface area contributed by atoms with Gasteiger partial charge in [-0.2, -0.15) is 0 Å². The molecule has 32 heavy (non-hydrogen) atoms. The van der Waals surface area contributed by atoms with Gasteiger partial charge in [-0.1, -0.05) is 11.6 Å². The first kappa shape index (κ1) is 22.2. The second-order valence-corrected chi connectivity index (χ2v) is 8.31. The normalized spacial score (nSPS) is 19.1. The quantitative estimate of drug-likeness (QED) is 0.500. The van der Waals surface area contributed by atoms with Crippen LogP contribution in [0.3, 0.4) is 0 Å². The number of rotatable bonds is 5. The summed E-state index contributed by atoms with van der Waals surface area (Å²) < 4.78 is 40.6. The second kappa shape index (κ2) is 7.83. The molecule has 2 aromatic carbocycles. The Morgan fingerprint density at radius 3 is 2.72 bits per heavy atom. The van der Waals surface area contributed by atoms with E-state index >= 15 is 0 Å². The lowest BCUT2D eigenvalue weighted by atomic mass is 10.0. The number of halogens is 4. The molecule has 1 aromatic heterocycles. The van der Waals surface area contributed by atoms with Crippen LogP contribution < -0.4 is 10.2 Å². The Morgan fingerprint density at radius 2 is 2.03 bits per heavy atom. The van der Waals surface area contributed by atoms with E-state index in [4.69, 9.17) is 11.6 Å². The molecule has 10 heteroatoms. The number of anilines is 1. The lowest BCUT2D eigenvalue weighted by Crippen LogP contribution is -2.52. The number of fused-ring (bicyclic) bond motifs is 1. The third-order valence-corrected chi connectivity index (χ3v) is 5.65. The molecule has 2 heterocycles. The number of carbonyl (C=O) groups excluding carboxylic acids is 2. The average Bonchev–Trinajstić information content (AvgIpc) is 3.27. The minimum Gasteiger partial charge on any atom is -0.372 e. The van der Waals surface area contributed by atoms with Crippen LogP contribution in [0.4, 0.5) is 18.9 Å². The molecule has 0 bridgehead atoms. The molecule has 2 amide bonds. The molecule has 1 aliphatic rings. The first-order chi connectivity index (χ1) is 15.0. The lowest BCUT2D eigenvalue weighted by Gasteiger charge is -2.22. The van der Waals surface area contributed by atoms with Gasteiger partial charge in [0.25, 0.3) is 17.7 Å². The Bertz CT molecular complexity index is 1200. The van der Waals surface area contributed by atoms with Crippen LogP contribution in [0.1, 0.15) is 24.6 Å². The summed E-state index contributed by atoms with van der Waals surface area (Å²) in [5.74, 6) is -5.37. The monoisotopic (exact) mass is 465 g/mol. The summed E-state index contributed by atoms with van der Waals surface area (Å²) in [5.41, 5.74) is -1.35. The molecule has 3 aromatic rings. The summed E-state index contributed by atoms with van der Waals surface area (Å²) in [6.45, 7) is 0.704. The van der Waals surface area contributed by atoms with Crippen molar-refractivity contribution in [3.05, 3.63) is 64.6 Å². The van der Waals surface area contributed by atoms with Crippen molar-refractivity contribution in [2.75, 3.05) is 11.4 Å². The summed E-state index contributed by atoms with van der Waals surface area (Å²) in [5, 5.41) is 13.8. The number of hydrogen-bond acceptors (Lipinski definition) is 3. The standard InChI is InChI=1S/C22H19ClF3N3O3/c1-21(25,26)18-9-13-8-16(2-3-17(13)28-18)29-5-4-22(32,20(29)31)19(30)27-11-12-6-14(23)10-15(24)7-12/h2-3,6-10,28,32H,4-5,11H2,1H3,(H,27,30). The van der Waals surface area contributed by atoms with E-state index < -0.39 is 29.2 Å². The zero-order valence-corrected chi connectivity index (χ0v) is 17.6. The molecule has 3 N–H and O–H groups in total. The zero-order valence-electron chi connectivity index (χ0n) is 16.9. The summed E-state index contributed by atoms with van der Waals surface area (Å²) in [4.78, 5) is 29.4. The number of benzene rings is 2. The summed E-state index contributed by atoms with van der Waals surface area (Å²) in [7, 11) is 0. The highest BCUT2D eigenvalue weighted by Crippen LogP contribution is 2.33. The zero-order chi connectivity index (χ0) is 23.3. The van der Waals surface area contributed by atoms with Crippen LogP contribution in [0.15, 0.2) is 42.5 Å². The van der Waals surface area contributed by atoms with Crippen LogP contribution in [0, 0.1) is 5.82 Å². The minimum atomic E-state index is -3.05. The van der Waals surface area contributed by atoms with Gasteiger partial charge >= 0.3 is 0 Å². The molecular formula is C22H19ClF3N3O3. The fraction of sp³-hybridized carbons (Fsp3) is 0.273. The van der Waals surface area contributed by atoms with Crippen molar-refractivity contribution in [1.82, 2.24) is 10.3 Å². The number of nitrogens with one attached hydrogen (secondary N) is 2. The number of aromatic nitrogens is 1. The maximum Gasteiger partial charge on any atom is 0.284 e. The fourth-order valence-corrected chi connectivity index (χ4v) is 3.97. The highest BCUT2D eigenvalue weighted by Gasteiger charge is 2.51. The maximum absolute atomic E-state index is 13.6. The van der Waals surface area contributed by atoms with Crippen LogP contribution in [-0.4, -0.2) is 34.1 Å². The average molecular weight is 466 g/mol. The third-order valence-electron chi connectivity index (χ3n) is 5.44. The van der Waals surface area contributed by atoms with E-state index in [0.29, 0.717) is 22.2 Å². The Labute approximate surface area is 186 Å². The van der Waals surface area contributed by atoms with Crippen molar-refractivity contribution in [3.8, 4) is 0 Å². The summed E-state index contributed by atoms with van der Waals surface area (Å²) in [6, 6.07) is 9.69. The van der Waals surface area contributed by atoms with Crippen molar-refractivity contribution in [2.24, 2.45) is 0 Å². The van der Waals surface area contributed by atoms with Gasteiger partial charge in [-0.05, 0) is 48.0 Å². The van der Waals surface area contributed by atoms with Crippen LogP contribution in [0.5, 0.6) is 0 Å². The first-order valence-corrected chi connectivity index (χ1v) is 10.1. The first-order valence-electron chi connectivity index (χ1n) is 9.76. The lowest BCUT2D eigenvalue weighted by molar-refractivity contribution is -0.149. The second-order valence-electron chi connectivity index (χ2n) is 7.87. The van der Waals surface area contributed by atoms with E-state index in [1.165, 1.54) is 29.2 Å². The van der Waals surface area contributed by atoms with E-state index in [-0.39, 0.29) is 30.2 Å². The van der Waals surface area contributed by atoms with Crippen molar-refractivity contribution >= 4 is 40.0 Å². The molecule has 0 radical (unpaired) electrons. The van der Waals surface area contributed by atoms with E-state index in [9.17, 15) is 27.9 Å². The number of aliphatic hydroxyl groups is 1. The van der Waals surface area contributed by atoms with Crippen molar-refractivity contribution in [1.29, 1.82) is 0 Å². The fourth-order valence-electron chi connectivity index (χ4n) is 3.73. The topological polar surface area (TPSA) is 85.4 Å². The predicted octanol–water partition coefficient (Wildman–Crippen LogP) is 3.86. The Balaban J connectivity index is 1.51. The molecule has 0 spiro atoms. The molecule has 0 saturated carbocycles. The van der Waals surface area contributed by atoms with Gasteiger partial charge in [-0.3, -0.25) is 9.59 Å². The maximum atomic E-state index is 13.6. The number of aromatic amines is 1. The smallest absolute Gasteiger partial charge is 0.284 e. The number of nitrogens with zero attached hydrogens (tertiary/aromatic N) is 1. The highest BCUT2D eigenvalue weighted by molar-refractivity contribution is 6.30. The van der Waals surface area contributed by atoms with Gasteiger partial charge in [-0.15, -0.1) is 0 Å². The number of H-pyrrole nitrogens is 1. The van der Waals surface area contributed by atoms with Crippen LogP contribution in [0.2, 0.25) is 5.02 Å². The van der Waals surface area contributed by atoms with Gasteiger partial charge in [-0.25, -0.2) is 13.2 Å². The van der Waals surface area contributed by atoms with E-state index in [0.717, 1.165) is 13.0 Å². The summed E-state index contributed by atoms with van der Waals surface area (Å²) in [6.07, 6.45) is -0.162. The predicted molar refractivity (Wildman–Crippen MR) is 113 cm³/mol. The van der Waals surface area contributed by atoms with E-state index in [2.05, 4.69) is 10.3 Å².